The lowest BCUT2D eigenvalue weighted by Gasteiger charge is -2.22. The topological polar surface area (TPSA) is 29.5 Å². The van der Waals surface area contributed by atoms with Gasteiger partial charge in [-0.25, -0.2) is 0 Å². The van der Waals surface area contributed by atoms with Crippen molar-refractivity contribution in [2.45, 2.75) is 6.92 Å². The highest BCUT2D eigenvalue weighted by atomic mass is 79.9. The van der Waals surface area contributed by atoms with E-state index in [0.29, 0.717) is 5.56 Å². The Morgan fingerprint density at radius 1 is 1.15 bits per heavy atom. The number of benzene rings is 2. The van der Waals surface area contributed by atoms with Crippen LogP contribution in [-0.2, 0) is 0 Å². The van der Waals surface area contributed by atoms with Gasteiger partial charge >= 0.3 is 0 Å². The van der Waals surface area contributed by atoms with Crippen LogP contribution >= 0.6 is 15.9 Å². The number of carbonyl (C=O) groups excluding carboxylic acids is 1. The van der Waals surface area contributed by atoms with Gasteiger partial charge in [0.2, 0.25) is 0 Å². The van der Waals surface area contributed by atoms with Crippen LogP contribution < -0.4 is 9.64 Å². The smallest absolute Gasteiger partial charge is 0.161 e. The number of anilines is 2. The molecule has 0 amide bonds. The third kappa shape index (κ3) is 3.02. The van der Waals surface area contributed by atoms with Gasteiger partial charge < -0.3 is 9.64 Å². The highest BCUT2D eigenvalue weighted by molar-refractivity contribution is 9.10. The number of hydrogen-bond acceptors (Lipinski definition) is 3. The number of methoxy groups -OCH3 is 1. The number of rotatable bonds is 4. The molecule has 0 saturated carbocycles. The zero-order valence-corrected chi connectivity index (χ0v) is 13.3. The lowest BCUT2D eigenvalue weighted by atomic mass is 10.1. The summed E-state index contributed by atoms with van der Waals surface area (Å²) in [5.41, 5.74) is 2.57. The minimum atomic E-state index is 0.0432. The van der Waals surface area contributed by atoms with E-state index in [9.17, 15) is 4.79 Å². The summed E-state index contributed by atoms with van der Waals surface area (Å²) in [5.74, 6) is 0.853. The van der Waals surface area contributed by atoms with Crippen LogP contribution in [0.4, 0.5) is 11.4 Å². The monoisotopic (exact) mass is 333 g/mol. The summed E-state index contributed by atoms with van der Waals surface area (Å²) >= 11 is 3.40. The number of hydrogen-bond donors (Lipinski definition) is 0. The second-order valence-electron chi connectivity index (χ2n) is 4.47. The van der Waals surface area contributed by atoms with Crippen molar-refractivity contribution in [3.63, 3.8) is 0 Å². The second kappa shape index (κ2) is 6.09. The molecular formula is C16H16BrNO2. The molecule has 0 aliphatic rings. The molecule has 0 N–H and O–H groups in total. The summed E-state index contributed by atoms with van der Waals surface area (Å²) in [4.78, 5) is 13.8. The van der Waals surface area contributed by atoms with E-state index in [2.05, 4.69) is 15.9 Å². The zero-order valence-electron chi connectivity index (χ0n) is 11.7. The van der Waals surface area contributed by atoms with Crippen LogP contribution in [0.25, 0.3) is 0 Å². The lowest BCUT2D eigenvalue weighted by Crippen LogP contribution is -2.13. The average molecular weight is 334 g/mol. The van der Waals surface area contributed by atoms with Crippen molar-refractivity contribution in [3.05, 3.63) is 52.5 Å². The first-order valence-corrected chi connectivity index (χ1v) is 7.00. The van der Waals surface area contributed by atoms with Crippen LogP contribution in [-0.4, -0.2) is 19.9 Å². The van der Waals surface area contributed by atoms with Gasteiger partial charge in [0.25, 0.3) is 0 Å². The summed E-state index contributed by atoms with van der Waals surface area (Å²) in [5, 5.41) is 0. The zero-order chi connectivity index (χ0) is 14.7. The van der Waals surface area contributed by atoms with E-state index >= 15 is 0 Å². The van der Waals surface area contributed by atoms with Crippen molar-refractivity contribution in [1.82, 2.24) is 0 Å². The molecular weight excluding hydrogens is 318 g/mol. The fraction of sp³-hybridized carbons (Fsp3) is 0.188. The fourth-order valence-corrected chi connectivity index (χ4v) is 2.39. The molecule has 0 bridgehead atoms. The van der Waals surface area contributed by atoms with Gasteiger partial charge in [-0.3, -0.25) is 4.79 Å². The van der Waals surface area contributed by atoms with Crippen molar-refractivity contribution in [3.8, 4) is 5.75 Å². The highest BCUT2D eigenvalue weighted by Crippen LogP contribution is 2.30. The van der Waals surface area contributed by atoms with Gasteiger partial charge in [-0.2, -0.15) is 0 Å². The SMILES string of the molecule is COc1ccc(N(C)c2ccc(Br)cc2C(C)=O)cc1. The van der Waals surface area contributed by atoms with E-state index in [-0.39, 0.29) is 5.78 Å². The number of nitrogens with zero attached hydrogens (tertiary/aromatic N) is 1. The molecule has 2 aromatic rings. The van der Waals surface area contributed by atoms with Crippen LogP contribution in [0.15, 0.2) is 46.9 Å². The summed E-state index contributed by atoms with van der Waals surface area (Å²) in [6, 6.07) is 13.4. The Morgan fingerprint density at radius 2 is 1.80 bits per heavy atom. The van der Waals surface area contributed by atoms with E-state index in [4.69, 9.17) is 4.74 Å². The standard InChI is InChI=1S/C16H16BrNO2/c1-11(19)15-10-12(17)4-9-16(15)18(2)13-5-7-14(20-3)8-6-13/h4-10H,1-3H3. The van der Waals surface area contributed by atoms with Gasteiger partial charge in [0.15, 0.2) is 5.78 Å². The summed E-state index contributed by atoms with van der Waals surface area (Å²) in [6.07, 6.45) is 0. The Hall–Kier alpha value is -1.81. The van der Waals surface area contributed by atoms with Crippen LogP contribution in [0, 0.1) is 0 Å². The van der Waals surface area contributed by atoms with Gasteiger partial charge in [0.1, 0.15) is 5.75 Å². The maximum atomic E-state index is 11.8. The van der Waals surface area contributed by atoms with Gasteiger partial charge in [0.05, 0.1) is 12.8 Å². The maximum absolute atomic E-state index is 11.8. The highest BCUT2D eigenvalue weighted by Gasteiger charge is 2.13. The molecule has 0 radical (unpaired) electrons. The minimum absolute atomic E-state index is 0.0432. The van der Waals surface area contributed by atoms with Crippen LogP contribution in [0.1, 0.15) is 17.3 Å². The van der Waals surface area contributed by atoms with E-state index in [0.717, 1.165) is 21.6 Å². The molecule has 0 aliphatic heterocycles. The summed E-state index contributed by atoms with van der Waals surface area (Å²) in [7, 11) is 3.58. The second-order valence-corrected chi connectivity index (χ2v) is 5.39. The Morgan fingerprint density at radius 3 is 2.35 bits per heavy atom. The van der Waals surface area contributed by atoms with E-state index in [1.807, 2.05) is 54.4 Å². The van der Waals surface area contributed by atoms with Crippen LogP contribution in [0.3, 0.4) is 0 Å². The number of carbonyl (C=O) groups is 1. The molecule has 2 rings (SSSR count). The molecule has 4 heteroatoms. The molecule has 0 aromatic heterocycles. The first-order valence-electron chi connectivity index (χ1n) is 6.21. The Kier molecular flexibility index (Phi) is 4.45. The van der Waals surface area contributed by atoms with Crippen molar-refractivity contribution in [2.75, 3.05) is 19.1 Å². The van der Waals surface area contributed by atoms with Crippen molar-refractivity contribution in [1.29, 1.82) is 0 Å². The van der Waals surface area contributed by atoms with Gasteiger partial charge in [0, 0.05) is 22.8 Å². The van der Waals surface area contributed by atoms with Crippen molar-refractivity contribution in [2.24, 2.45) is 0 Å². The summed E-state index contributed by atoms with van der Waals surface area (Å²) in [6.45, 7) is 1.58. The number of ether oxygens (including phenoxy) is 1. The van der Waals surface area contributed by atoms with Crippen molar-refractivity contribution < 1.29 is 9.53 Å². The Balaban J connectivity index is 2.41. The van der Waals surface area contributed by atoms with Crippen LogP contribution in [0.5, 0.6) is 5.75 Å². The molecule has 20 heavy (non-hydrogen) atoms. The first-order chi connectivity index (χ1) is 9.52. The molecule has 0 heterocycles. The number of Topliss-reactive ketones (excluding diaryl/α,β-unsaturated/α-hetero) is 1. The lowest BCUT2D eigenvalue weighted by molar-refractivity contribution is 0.101. The fourth-order valence-electron chi connectivity index (χ4n) is 2.03. The summed E-state index contributed by atoms with van der Waals surface area (Å²) < 4.78 is 6.05. The van der Waals surface area contributed by atoms with Crippen LogP contribution in [0.2, 0.25) is 0 Å². The molecule has 0 saturated heterocycles. The Bertz CT molecular complexity index is 623. The first kappa shape index (κ1) is 14.6. The predicted octanol–water partition coefficient (Wildman–Crippen LogP) is 4.43. The molecule has 0 atom stereocenters. The van der Waals surface area contributed by atoms with Gasteiger partial charge in [-0.1, -0.05) is 15.9 Å². The normalized spacial score (nSPS) is 10.2. The predicted molar refractivity (Wildman–Crippen MR) is 85.2 cm³/mol. The molecule has 2 aromatic carbocycles. The molecule has 0 fully saturated rings. The largest absolute Gasteiger partial charge is 0.497 e. The third-order valence-corrected chi connectivity index (χ3v) is 3.65. The molecule has 3 nitrogen and oxygen atoms in total. The number of halogens is 1. The quantitative estimate of drug-likeness (QED) is 0.775. The van der Waals surface area contributed by atoms with E-state index in [1.54, 1.807) is 14.0 Å². The molecule has 0 spiro atoms. The molecule has 0 aliphatic carbocycles. The third-order valence-electron chi connectivity index (χ3n) is 3.16. The molecule has 0 unspecified atom stereocenters. The van der Waals surface area contributed by atoms with Crippen molar-refractivity contribution >= 4 is 33.1 Å². The molecule has 104 valence electrons. The van der Waals surface area contributed by atoms with E-state index in [1.165, 1.54) is 0 Å². The number of ketones is 1. The average Bonchev–Trinajstić information content (AvgIpc) is 2.46. The Labute approximate surface area is 127 Å². The van der Waals surface area contributed by atoms with E-state index < -0.39 is 0 Å². The minimum Gasteiger partial charge on any atom is -0.497 e. The van der Waals surface area contributed by atoms with Gasteiger partial charge in [-0.15, -0.1) is 0 Å². The van der Waals surface area contributed by atoms with Gasteiger partial charge in [-0.05, 0) is 49.4 Å². The maximum Gasteiger partial charge on any atom is 0.161 e.